The Balaban J connectivity index is 1.53. The zero-order valence-electron chi connectivity index (χ0n) is 17.0. The molecule has 1 aliphatic carbocycles. The molecule has 1 aromatic heterocycles. The van der Waals surface area contributed by atoms with Crippen molar-refractivity contribution in [2.45, 2.75) is 43.5 Å². The molecule has 1 aliphatic rings. The van der Waals surface area contributed by atoms with Crippen LogP contribution in [-0.4, -0.2) is 41.0 Å². The summed E-state index contributed by atoms with van der Waals surface area (Å²) >= 11 is 1.42. The Kier molecular flexibility index (Phi) is 8.11. The standard InChI is InChI=1S/C23H29N3O2S/c1-26(16-19-11-13-24-14-12-19)23(28)20-9-5-6-10-21(20)29-17-22(27)25-15-18-7-3-2-4-8-18/h5-6,9-14,18H,2-4,7-8,15-17H2,1H3,(H,25,27). The van der Waals surface area contributed by atoms with E-state index >= 15 is 0 Å². The highest BCUT2D eigenvalue weighted by Crippen LogP contribution is 2.25. The van der Waals surface area contributed by atoms with E-state index in [2.05, 4.69) is 10.3 Å². The highest BCUT2D eigenvalue weighted by atomic mass is 32.2. The number of thioether (sulfide) groups is 1. The Labute approximate surface area is 177 Å². The first-order valence-electron chi connectivity index (χ1n) is 10.3. The number of hydrogen-bond donors (Lipinski definition) is 1. The quantitative estimate of drug-likeness (QED) is 0.663. The minimum atomic E-state index is -0.0486. The van der Waals surface area contributed by atoms with Crippen LogP contribution >= 0.6 is 11.8 Å². The summed E-state index contributed by atoms with van der Waals surface area (Å²) in [4.78, 5) is 31.8. The topological polar surface area (TPSA) is 62.3 Å². The van der Waals surface area contributed by atoms with E-state index < -0.39 is 0 Å². The van der Waals surface area contributed by atoms with Gasteiger partial charge in [0.1, 0.15) is 0 Å². The molecule has 154 valence electrons. The summed E-state index contributed by atoms with van der Waals surface area (Å²) in [6.07, 6.45) is 9.76. The van der Waals surface area contributed by atoms with Crippen molar-refractivity contribution in [3.8, 4) is 0 Å². The largest absolute Gasteiger partial charge is 0.355 e. The van der Waals surface area contributed by atoms with Crippen molar-refractivity contribution in [2.24, 2.45) is 5.92 Å². The van der Waals surface area contributed by atoms with Crippen molar-refractivity contribution in [3.63, 3.8) is 0 Å². The van der Waals surface area contributed by atoms with Crippen LogP contribution in [0.4, 0.5) is 0 Å². The second-order valence-corrected chi connectivity index (χ2v) is 8.63. The van der Waals surface area contributed by atoms with Crippen LogP contribution in [0.3, 0.4) is 0 Å². The molecule has 0 atom stereocenters. The van der Waals surface area contributed by atoms with Gasteiger partial charge in [-0.3, -0.25) is 14.6 Å². The first-order chi connectivity index (χ1) is 14.1. The zero-order valence-corrected chi connectivity index (χ0v) is 17.8. The summed E-state index contributed by atoms with van der Waals surface area (Å²) in [6, 6.07) is 11.3. The van der Waals surface area contributed by atoms with Gasteiger partial charge in [-0.15, -0.1) is 11.8 Å². The zero-order chi connectivity index (χ0) is 20.5. The number of benzene rings is 1. The Morgan fingerprint density at radius 2 is 1.83 bits per heavy atom. The molecule has 1 heterocycles. The van der Waals surface area contributed by atoms with Gasteiger partial charge in [-0.1, -0.05) is 31.4 Å². The van der Waals surface area contributed by atoms with E-state index in [-0.39, 0.29) is 11.8 Å². The highest BCUT2D eigenvalue weighted by molar-refractivity contribution is 8.00. The van der Waals surface area contributed by atoms with Gasteiger partial charge in [-0.2, -0.15) is 0 Å². The van der Waals surface area contributed by atoms with Crippen LogP contribution in [0.1, 0.15) is 48.0 Å². The predicted molar refractivity (Wildman–Crippen MR) is 117 cm³/mol. The molecule has 0 bridgehead atoms. The molecule has 0 aliphatic heterocycles. The molecule has 0 unspecified atom stereocenters. The van der Waals surface area contributed by atoms with Gasteiger partial charge in [0, 0.05) is 37.4 Å². The van der Waals surface area contributed by atoms with Crippen LogP contribution in [0, 0.1) is 5.92 Å². The summed E-state index contributed by atoms with van der Waals surface area (Å²) in [5, 5.41) is 3.07. The molecular weight excluding hydrogens is 382 g/mol. The lowest BCUT2D eigenvalue weighted by Crippen LogP contribution is -2.31. The van der Waals surface area contributed by atoms with Gasteiger partial charge in [0.25, 0.3) is 5.91 Å². The van der Waals surface area contributed by atoms with Gasteiger partial charge >= 0.3 is 0 Å². The van der Waals surface area contributed by atoms with Crippen LogP contribution in [0.25, 0.3) is 0 Å². The fourth-order valence-corrected chi connectivity index (χ4v) is 4.53. The van der Waals surface area contributed by atoms with Gasteiger partial charge in [0.05, 0.1) is 11.3 Å². The van der Waals surface area contributed by atoms with E-state index in [9.17, 15) is 9.59 Å². The molecule has 2 amide bonds. The fourth-order valence-electron chi connectivity index (χ4n) is 3.65. The second-order valence-electron chi connectivity index (χ2n) is 7.61. The molecule has 0 radical (unpaired) electrons. The Morgan fingerprint density at radius 1 is 1.10 bits per heavy atom. The fraction of sp³-hybridized carbons (Fsp3) is 0.435. The third-order valence-corrected chi connectivity index (χ3v) is 6.38. The summed E-state index contributed by atoms with van der Waals surface area (Å²) < 4.78 is 0. The molecule has 5 nitrogen and oxygen atoms in total. The summed E-state index contributed by atoms with van der Waals surface area (Å²) in [5.41, 5.74) is 1.66. The Hall–Kier alpha value is -2.34. The van der Waals surface area contributed by atoms with Crippen molar-refractivity contribution < 1.29 is 9.59 Å². The second kappa shape index (κ2) is 11.0. The maximum atomic E-state index is 12.9. The van der Waals surface area contributed by atoms with E-state index in [1.54, 1.807) is 24.3 Å². The molecule has 1 saturated carbocycles. The minimum absolute atomic E-state index is 0.0352. The smallest absolute Gasteiger partial charge is 0.255 e. The third-order valence-electron chi connectivity index (χ3n) is 5.30. The minimum Gasteiger partial charge on any atom is -0.355 e. The van der Waals surface area contributed by atoms with E-state index in [1.165, 1.54) is 43.9 Å². The summed E-state index contributed by atoms with van der Waals surface area (Å²) in [5.74, 6) is 0.930. The van der Waals surface area contributed by atoms with Crippen molar-refractivity contribution >= 4 is 23.6 Å². The number of nitrogens with one attached hydrogen (secondary N) is 1. The number of nitrogens with zero attached hydrogens (tertiary/aromatic N) is 2. The predicted octanol–water partition coefficient (Wildman–Crippen LogP) is 4.14. The van der Waals surface area contributed by atoms with Crippen LogP contribution < -0.4 is 5.32 Å². The normalized spacial score (nSPS) is 14.4. The molecule has 0 spiro atoms. The molecule has 1 fully saturated rings. The van der Waals surface area contributed by atoms with Gasteiger partial charge < -0.3 is 10.2 Å². The molecule has 0 saturated heterocycles. The van der Waals surface area contributed by atoms with Crippen molar-refractivity contribution in [3.05, 3.63) is 59.9 Å². The number of aromatic nitrogens is 1. The van der Waals surface area contributed by atoms with Gasteiger partial charge in [-0.05, 0) is 48.6 Å². The number of pyridine rings is 1. The van der Waals surface area contributed by atoms with Crippen molar-refractivity contribution in [1.29, 1.82) is 0 Å². The number of carbonyl (C=O) groups excluding carboxylic acids is 2. The highest BCUT2D eigenvalue weighted by Gasteiger charge is 2.18. The SMILES string of the molecule is CN(Cc1ccncc1)C(=O)c1ccccc1SCC(=O)NCC1CCCCC1. The van der Waals surface area contributed by atoms with E-state index in [0.717, 1.165) is 17.0 Å². The van der Waals surface area contributed by atoms with Crippen LogP contribution in [0.15, 0.2) is 53.7 Å². The first kappa shape index (κ1) is 21.4. The van der Waals surface area contributed by atoms with Crippen LogP contribution in [0.5, 0.6) is 0 Å². The molecule has 29 heavy (non-hydrogen) atoms. The summed E-state index contributed by atoms with van der Waals surface area (Å²) in [7, 11) is 1.79. The monoisotopic (exact) mass is 411 g/mol. The maximum Gasteiger partial charge on any atom is 0.255 e. The van der Waals surface area contributed by atoms with Crippen molar-refractivity contribution in [1.82, 2.24) is 15.2 Å². The average Bonchev–Trinajstić information content (AvgIpc) is 2.77. The lowest BCUT2D eigenvalue weighted by Gasteiger charge is -2.21. The number of rotatable bonds is 8. The lowest BCUT2D eigenvalue weighted by atomic mass is 9.89. The van der Waals surface area contributed by atoms with Crippen LogP contribution in [0.2, 0.25) is 0 Å². The first-order valence-corrected chi connectivity index (χ1v) is 11.2. The van der Waals surface area contributed by atoms with E-state index in [4.69, 9.17) is 0 Å². The van der Waals surface area contributed by atoms with Crippen molar-refractivity contribution in [2.75, 3.05) is 19.3 Å². The van der Waals surface area contributed by atoms with E-state index in [1.807, 2.05) is 36.4 Å². The number of hydrogen-bond acceptors (Lipinski definition) is 4. The van der Waals surface area contributed by atoms with Gasteiger partial charge in [-0.25, -0.2) is 0 Å². The van der Waals surface area contributed by atoms with E-state index in [0.29, 0.717) is 23.8 Å². The maximum absolute atomic E-state index is 12.9. The molecule has 1 N–H and O–H groups in total. The molecule has 1 aromatic carbocycles. The van der Waals surface area contributed by atoms with Crippen LogP contribution in [-0.2, 0) is 11.3 Å². The average molecular weight is 412 g/mol. The molecule has 6 heteroatoms. The lowest BCUT2D eigenvalue weighted by molar-refractivity contribution is -0.118. The molecular formula is C23H29N3O2S. The summed E-state index contributed by atoms with van der Waals surface area (Å²) in [6.45, 7) is 1.29. The van der Waals surface area contributed by atoms with Gasteiger partial charge in [0.2, 0.25) is 5.91 Å². The third kappa shape index (κ3) is 6.60. The molecule has 2 aromatic rings. The van der Waals surface area contributed by atoms with Gasteiger partial charge in [0.15, 0.2) is 0 Å². The number of carbonyl (C=O) groups is 2. The molecule has 3 rings (SSSR count). The number of amides is 2. The Bertz CT molecular complexity index is 807. The Morgan fingerprint density at radius 3 is 2.59 bits per heavy atom.